The van der Waals surface area contributed by atoms with Crippen LogP contribution < -0.4 is 0 Å². The summed E-state index contributed by atoms with van der Waals surface area (Å²) in [4.78, 5) is 19.6. The maximum absolute atomic E-state index is 13.0. The van der Waals surface area contributed by atoms with E-state index in [9.17, 15) is 4.79 Å². The molecule has 122 valence electrons. The summed E-state index contributed by atoms with van der Waals surface area (Å²) in [6, 6.07) is 7.85. The van der Waals surface area contributed by atoms with Gasteiger partial charge < -0.3 is 9.64 Å². The third-order valence-electron chi connectivity index (χ3n) is 4.17. The van der Waals surface area contributed by atoms with Gasteiger partial charge in [0.05, 0.1) is 12.6 Å². The molecule has 2 aromatic rings. The van der Waals surface area contributed by atoms with Gasteiger partial charge in [0, 0.05) is 30.3 Å². The molecule has 0 saturated carbocycles. The van der Waals surface area contributed by atoms with E-state index >= 15 is 0 Å². The van der Waals surface area contributed by atoms with Gasteiger partial charge >= 0.3 is 0 Å². The first-order chi connectivity index (χ1) is 11.2. The van der Waals surface area contributed by atoms with Crippen LogP contribution in [0.3, 0.4) is 0 Å². The third-order valence-corrected chi connectivity index (χ3v) is 5.23. The summed E-state index contributed by atoms with van der Waals surface area (Å²) in [6.07, 6.45) is 3.21. The summed E-state index contributed by atoms with van der Waals surface area (Å²) in [5.74, 6) is 0.0977. The lowest BCUT2D eigenvalue weighted by molar-refractivity contribution is 0.0610. The molecule has 1 atom stereocenters. The molecule has 23 heavy (non-hydrogen) atoms. The zero-order valence-corrected chi connectivity index (χ0v) is 14.4. The predicted molar refractivity (Wildman–Crippen MR) is 91.6 cm³/mol. The number of hydrogen-bond donors (Lipinski definition) is 0. The fraction of sp³-hybridized carbons (Fsp3) is 0.444. The Labute approximate surface area is 141 Å². The average Bonchev–Trinajstić information content (AvgIpc) is 3.01. The molecule has 1 aromatic heterocycles. The summed E-state index contributed by atoms with van der Waals surface area (Å²) < 4.78 is 5.17. The number of likely N-dealkylation sites (tertiary alicyclic amines) is 1. The molecule has 0 N–H and O–H groups in total. The number of nitrogens with zero attached hydrogens (tertiary/aromatic N) is 2. The Kier molecular flexibility index (Phi) is 5.08. The van der Waals surface area contributed by atoms with Crippen molar-refractivity contribution in [3.05, 3.63) is 51.5 Å². The van der Waals surface area contributed by atoms with Gasteiger partial charge in [-0.3, -0.25) is 4.79 Å². The second-order valence-corrected chi connectivity index (χ2v) is 6.86. The molecule has 1 aliphatic heterocycles. The number of amides is 1. The Bertz CT molecular complexity index is 683. The number of piperidine rings is 1. The van der Waals surface area contributed by atoms with Crippen molar-refractivity contribution in [3.63, 3.8) is 0 Å². The van der Waals surface area contributed by atoms with E-state index in [4.69, 9.17) is 4.74 Å². The second kappa shape index (κ2) is 7.23. The Hall–Kier alpha value is -1.72. The van der Waals surface area contributed by atoms with Crippen LogP contribution in [0.2, 0.25) is 0 Å². The number of benzene rings is 1. The van der Waals surface area contributed by atoms with E-state index in [0.29, 0.717) is 6.61 Å². The average molecular weight is 330 g/mol. The van der Waals surface area contributed by atoms with Crippen LogP contribution >= 0.6 is 11.3 Å². The number of thiazole rings is 1. The smallest absolute Gasteiger partial charge is 0.254 e. The molecule has 0 radical (unpaired) electrons. The standard InChI is InChI=1S/C18H22N2O2S/c1-13-12-23-17(19-13)16-8-3-4-9-20(16)18(21)15-7-5-6-14(10-15)11-22-2/h5-7,10,12,16H,3-4,8-9,11H2,1-2H3/t16-/m1/s1. The zero-order valence-electron chi connectivity index (χ0n) is 13.6. The number of aromatic nitrogens is 1. The van der Waals surface area contributed by atoms with E-state index in [2.05, 4.69) is 10.4 Å². The van der Waals surface area contributed by atoms with Crippen LogP contribution in [0.15, 0.2) is 29.6 Å². The fourth-order valence-electron chi connectivity index (χ4n) is 3.08. The van der Waals surface area contributed by atoms with Crippen molar-refractivity contribution in [2.75, 3.05) is 13.7 Å². The van der Waals surface area contributed by atoms with Gasteiger partial charge in [-0.1, -0.05) is 12.1 Å². The maximum atomic E-state index is 13.0. The quantitative estimate of drug-likeness (QED) is 0.852. The number of rotatable bonds is 4. The summed E-state index contributed by atoms with van der Waals surface area (Å²) in [7, 11) is 1.67. The summed E-state index contributed by atoms with van der Waals surface area (Å²) in [5.41, 5.74) is 2.79. The highest BCUT2D eigenvalue weighted by Gasteiger charge is 2.30. The van der Waals surface area contributed by atoms with E-state index < -0.39 is 0 Å². The molecule has 2 heterocycles. The number of hydrogen-bond acceptors (Lipinski definition) is 4. The largest absolute Gasteiger partial charge is 0.380 e. The lowest BCUT2D eigenvalue weighted by Gasteiger charge is -2.34. The van der Waals surface area contributed by atoms with Gasteiger partial charge in [0.1, 0.15) is 5.01 Å². The molecule has 0 bridgehead atoms. The van der Waals surface area contributed by atoms with Crippen molar-refractivity contribution in [1.29, 1.82) is 0 Å². The molecular formula is C18H22N2O2S. The lowest BCUT2D eigenvalue weighted by atomic mass is 10.0. The minimum Gasteiger partial charge on any atom is -0.380 e. The monoisotopic (exact) mass is 330 g/mol. The molecule has 4 nitrogen and oxygen atoms in total. The highest BCUT2D eigenvalue weighted by Crippen LogP contribution is 2.33. The van der Waals surface area contributed by atoms with E-state index in [0.717, 1.165) is 47.6 Å². The first-order valence-electron chi connectivity index (χ1n) is 8.00. The van der Waals surface area contributed by atoms with Gasteiger partial charge in [0.25, 0.3) is 5.91 Å². The van der Waals surface area contributed by atoms with Gasteiger partial charge in [0.15, 0.2) is 0 Å². The molecule has 1 fully saturated rings. The molecule has 1 saturated heterocycles. The Morgan fingerprint density at radius 2 is 2.30 bits per heavy atom. The molecule has 1 aliphatic rings. The fourth-order valence-corrected chi connectivity index (χ4v) is 4.03. The zero-order chi connectivity index (χ0) is 16.2. The van der Waals surface area contributed by atoms with Crippen LogP contribution in [-0.4, -0.2) is 29.4 Å². The third kappa shape index (κ3) is 3.62. The van der Waals surface area contributed by atoms with Gasteiger partial charge in [-0.15, -0.1) is 11.3 Å². The van der Waals surface area contributed by atoms with E-state index in [-0.39, 0.29) is 11.9 Å². The topological polar surface area (TPSA) is 42.4 Å². The molecule has 3 rings (SSSR count). The van der Waals surface area contributed by atoms with Crippen LogP contribution in [-0.2, 0) is 11.3 Å². The van der Waals surface area contributed by atoms with Crippen molar-refractivity contribution < 1.29 is 9.53 Å². The SMILES string of the molecule is COCc1cccc(C(=O)N2CCCC[C@@H]2c2nc(C)cs2)c1. The highest BCUT2D eigenvalue weighted by atomic mass is 32.1. The Morgan fingerprint density at radius 3 is 3.04 bits per heavy atom. The second-order valence-electron chi connectivity index (χ2n) is 5.97. The summed E-state index contributed by atoms with van der Waals surface area (Å²) in [5, 5.41) is 3.12. The minimum atomic E-state index is 0.0977. The van der Waals surface area contributed by atoms with Crippen molar-refractivity contribution >= 4 is 17.2 Å². The van der Waals surface area contributed by atoms with E-state index in [1.54, 1.807) is 18.4 Å². The van der Waals surface area contributed by atoms with Crippen molar-refractivity contribution in [1.82, 2.24) is 9.88 Å². The van der Waals surface area contributed by atoms with Crippen molar-refractivity contribution in [3.8, 4) is 0 Å². The van der Waals surface area contributed by atoms with Crippen LogP contribution in [0.4, 0.5) is 0 Å². The van der Waals surface area contributed by atoms with Gasteiger partial charge in [-0.2, -0.15) is 0 Å². The van der Waals surface area contributed by atoms with E-state index in [1.165, 1.54) is 0 Å². The number of methoxy groups -OCH3 is 1. The normalized spacial score (nSPS) is 18.2. The van der Waals surface area contributed by atoms with Crippen LogP contribution in [0.5, 0.6) is 0 Å². The number of aryl methyl sites for hydroxylation is 1. The van der Waals surface area contributed by atoms with E-state index in [1.807, 2.05) is 36.1 Å². The molecule has 1 aromatic carbocycles. The lowest BCUT2D eigenvalue weighted by Crippen LogP contribution is -2.38. The van der Waals surface area contributed by atoms with Gasteiger partial charge in [0.2, 0.25) is 0 Å². The number of ether oxygens (including phenoxy) is 1. The number of carbonyl (C=O) groups is 1. The molecule has 0 spiro atoms. The first-order valence-corrected chi connectivity index (χ1v) is 8.88. The van der Waals surface area contributed by atoms with Crippen LogP contribution in [0.1, 0.15) is 51.9 Å². The van der Waals surface area contributed by atoms with Gasteiger partial charge in [-0.05, 0) is 43.9 Å². The van der Waals surface area contributed by atoms with Crippen LogP contribution in [0, 0.1) is 6.92 Å². The predicted octanol–water partition coefficient (Wildman–Crippen LogP) is 3.97. The summed E-state index contributed by atoms with van der Waals surface area (Å²) in [6.45, 7) is 3.33. The molecule has 1 amide bonds. The minimum absolute atomic E-state index is 0.0977. The number of carbonyl (C=O) groups excluding carboxylic acids is 1. The first kappa shape index (κ1) is 16.1. The molecular weight excluding hydrogens is 308 g/mol. The maximum Gasteiger partial charge on any atom is 0.254 e. The molecule has 5 heteroatoms. The molecule has 0 unspecified atom stereocenters. The van der Waals surface area contributed by atoms with Gasteiger partial charge in [-0.25, -0.2) is 4.98 Å². The molecule has 0 aliphatic carbocycles. The highest BCUT2D eigenvalue weighted by molar-refractivity contribution is 7.09. The summed E-state index contributed by atoms with van der Waals surface area (Å²) >= 11 is 1.66. The van der Waals surface area contributed by atoms with Crippen molar-refractivity contribution in [2.45, 2.75) is 38.8 Å². The Balaban J connectivity index is 1.85. The van der Waals surface area contributed by atoms with Crippen LogP contribution in [0.25, 0.3) is 0 Å². The van der Waals surface area contributed by atoms with Crippen molar-refractivity contribution in [2.24, 2.45) is 0 Å². The Morgan fingerprint density at radius 1 is 1.43 bits per heavy atom.